The van der Waals surface area contributed by atoms with Crippen molar-refractivity contribution in [1.82, 2.24) is 5.32 Å². The normalized spacial score (nSPS) is 28.6. The summed E-state index contributed by atoms with van der Waals surface area (Å²) in [7, 11) is 0. The Bertz CT molecular complexity index is 1050. The zero-order valence-electron chi connectivity index (χ0n) is 36.5. The number of aliphatic hydroxyl groups is 8. The van der Waals surface area contributed by atoms with E-state index in [1.54, 1.807) is 6.08 Å². The molecule has 12 atom stereocenters. The summed E-state index contributed by atoms with van der Waals surface area (Å²) >= 11 is 0. The zero-order chi connectivity index (χ0) is 43.3. The van der Waals surface area contributed by atoms with Crippen molar-refractivity contribution in [2.24, 2.45) is 0 Å². The molecule has 0 aromatic carbocycles. The van der Waals surface area contributed by atoms with Gasteiger partial charge in [0.05, 0.1) is 32.0 Å². The van der Waals surface area contributed by atoms with Crippen LogP contribution in [0.5, 0.6) is 0 Å². The molecule has 0 saturated carbocycles. The highest BCUT2D eigenvalue weighted by Crippen LogP contribution is 2.30. The highest BCUT2D eigenvalue weighted by atomic mass is 16.7. The number of allylic oxidation sites excluding steroid dienone is 1. The van der Waals surface area contributed by atoms with E-state index in [9.17, 15) is 45.6 Å². The minimum atomic E-state index is -1.78. The largest absolute Gasteiger partial charge is 0.394 e. The first-order valence-electron chi connectivity index (χ1n) is 23.4. The molecule has 0 aromatic rings. The molecule has 0 aliphatic carbocycles. The molecule has 0 aromatic heterocycles. The first-order valence-corrected chi connectivity index (χ1v) is 23.4. The second kappa shape index (κ2) is 33.3. The van der Waals surface area contributed by atoms with Crippen LogP contribution >= 0.6 is 0 Å². The van der Waals surface area contributed by atoms with E-state index in [2.05, 4.69) is 12.2 Å². The molecular formula is C45H85NO13. The van der Waals surface area contributed by atoms with E-state index < -0.39 is 86.8 Å². The predicted molar refractivity (Wildman–Crippen MR) is 226 cm³/mol. The number of hydrogen-bond donors (Lipinski definition) is 9. The quantitative estimate of drug-likeness (QED) is 0.0308. The molecule has 14 heteroatoms. The van der Waals surface area contributed by atoms with Crippen molar-refractivity contribution >= 4 is 5.91 Å². The number of carbonyl (C=O) groups is 1. The number of amides is 1. The van der Waals surface area contributed by atoms with Crippen molar-refractivity contribution < 1.29 is 64.6 Å². The molecule has 0 spiro atoms. The van der Waals surface area contributed by atoms with Gasteiger partial charge in [-0.15, -0.1) is 0 Å². The van der Waals surface area contributed by atoms with Gasteiger partial charge in [-0.1, -0.05) is 161 Å². The number of carbonyl (C=O) groups excluding carboxylic acids is 1. The lowest BCUT2D eigenvalue weighted by Crippen LogP contribution is -2.65. The van der Waals surface area contributed by atoms with Gasteiger partial charge in [0.15, 0.2) is 12.6 Å². The van der Waals surface area contributed by atoms with Crippen LogP contribution in [0.4, 0.5) is 0 Å². The number of aliphatic hydroxyl groups excluding tert-OH is 8. The first-order chi connectivity index (χ1) is 28.6. The lowest BCUT2D eigenvalue weighted by molar-refractivity contribution is -0.359. The predicted octanol–water partition coefficient (Wildman–Crippen LogP) is 4.82. The van der Waals surface area contributed by atoms with Crippen LogP contribution in [-0.4, -0.2) is 140 Å². The van der Waals surface area contributed by atoms with Crippen LogP contribution in [-0.2, 0) is 23.7 Å². The summed E-state index contributed by atoms with van der Waals surface area (Å²) in [6, 6.07) is -0.904. The van der Waals surface area contributed by atoms with Gasteiger partial charge >= 0.3 is 0 Å². The van der Waals surface area contributed by atoms with Crippen LogP contribution in [0.15, 0.2) is 12.2 Å². The molecule has 1 amide bonds. The van der Waals surface area contributed by atoms with Gasteiger partial charge < -0.3 is 65.1 Å². The fourth-order valence-electron chi connectivity index (χ4n) is 7.82. The van der Waals surface area contributed by atoms with Crippen LogP contribution in [0.25, 0.3) is 0 Å². The van der Waals surface area contributed by atoms with Gasteiger partial charge in [-0.25, -0.2) is 0 Å². The van der Waals surface area contributed by atoms with E-state index in [0.29, 0.717) is 6.42 Å². The molecule has 2 rings (SSSR count). The Hall–Kier alpha value is -1.27. The van der Waals surface area contributed by atoms with E-state index >= 15 is 0 Å². The van der Waals surface area contributed by atoms with Gasteiger partial charge in [-0.05, 0) is 19.3 Å². The molecule has 2 heterocycles. The molecular weight excluding hydrogens is 762 g/mol. The molecule has 0 bridgehead atoms. The molecule has 9 N–H and O–H groups in total. The van der Waals surface area contributed by atoms with Gasteiger partial charge in [0.1, 0.15) is 48.8 Å². The van der Waals surface area contributed by atoms with Crippen molar-refractivity contribution in [3.8, 4) is 0 Å². The molecule has 59 heavy (non-hydrogen) atoms. The van der Waals surface area contributed by atoms with Crippen LogP contribution in [0, 0.1) is 0 Å². The Balaban J connectivity index is 1.71. The minimum absolute atomic E-state index is 0.264. The number of hydrogen-bond acceptors (Lipinski definition) is 13. The molecule has 2 aliphatic heterocycles. The second-order valence-corrected chi connectivity index (χ2v) is 16.9. The van der Waals surface area contributed by atoms with Crippen LogP contribution < -0.4 is 5.32 Å². The third-order valence-corrected chi connectivity index (χ3v) is 11.7. The average Bonchev–Trinajstić information content (AvgIpc) is 3.23. The van der Waals surface area contributed by atoms with Gasteiger partial charge in [-0.3, -0.25) is 4.79 Å². The Labute approximate surface area is 355 Å². The molecule has 0 radical (unpaired) electrons. The Morgan fingerprint density at radius 3 is 1.56 bits per heavy atom. The van der Waals surface area contributed by atoms with Crippen molar-refractivity contribution in [3.63, 3.8) is 0 Å². The monoisotopic (exact) mass is 848 g/mol. The number of rotatable bonds is 35. The Morgan fingerprint density at radius 1 is 0.593 bits per heavy atom. The molecule has 14 nitrogen and oxygen atoms in total. The fourth-order valence-corrected chi connectivity index (χ4v) is 7.82. The third-order valence-electron chi connectivity index (χ3n) is 11.7. The summed E-state index contributed by atoms with van der Waals surface area (Å²) in [6.45, 7) is 2.59. The summed E-state index contributed by atoms with van der Waals surface area (Å²) in [5.41, 5.74) is 0. The van der Waals surface area contributed by atoms with Gasteiger partial charge in [0.25, 0.3) is 0 Å². The van der Waals surface area contributed by atoms with E-state index in [0.717, 1.165) is 32.1 Å². The van der Waals surface area contributed by atoms with E-state index in [4.69, 9.17) is 18.9 Å². The number of unbranched alkanes of at least 4 members (excludes halogenated alkanes) is 22. The standard InChI is InChI=1S/C45H85NO13/c1-3-5-7-8-9-10-11-12-13-14-15-16-17-18-19-20-21-22-23-24-25-27-28-34(49)33(46-37(50)29-26-6-4-2)32-56-44-42(55)40(53)43(36(31-48)58-44)59-45-41(54)39(52)38(51)35(30-47)57-45/h27-28,33-36,38-45,47-49,51-55H,3-26,29-32H2,1-2H3,(H,46,50)/b28-27+. The van der Waals surface area contributed by atoms with Crippen LogP contribution in [0.2, 0.25) is 0 Å². The summed E-state index contributed by atoms with van der Waals surface area (Å²) in [5, 5.41) is 85.9. The van der Waals surface area contributed by atoms with E-state index in [-0.39, 0.29) is 18.9 Å². The summed E-state index contributed by atoms with van der Waals surface area (Å²) in [5.74, 6) is -0.264. The highest BCUT2D eigenvalue weighted by Gasteiger charge is 2.50. The van der Waals surface area contributed by atoms with Crippen LogP contribution in [0.3, 0.4) is 0 Å². The summed E-state index contributed by atoms with van der Waals surface area (Å²) < 4.78 is 22.5. The Kier molecular flexibility index (Phi) is 30.4. The average molecular weight is 848 g/mol. The number of ether oxygens (including phenoxy) is 4. The third kappa shape index (κ3) is 21.6. The first kappa shape index (κ1) is 53.9. The lowest BCUT2D eigenvalue weighted by Gasteiger charge is -2.46. The van der Waals surface area contributed by atoms with Crippen molar-refractivity contribution in [2.75, 3.05) is 19.8 Å². The minimum Gasteiger partial charge on any atom is -0.394 e. The van der Waals surface area contributed by atoms with Crippen LogP contribution in [0.1, 0.15) is 174 Å². The molecule has 348 valence electrons. The maximum absolute atomic E-state index is 12.8. The van der Waals surface area contributed by atoms with E-state index in [1.165, 1.54) is 116 Å². The molecule has 12 unspecified atom stereocenters. The van der Waals surface area contributed by atoms with Crippen molar-refractivity contribution in [1.29, 1.82) is 0 Å². The topological polar surface area (TPSA) is 228 Å². The van der Waals surface area contributed by atoms with Gasteiger partial charge in [-0.2, -0.15) is 0 Å². The lowest BCUT2D eigenvalue weighted by atomic mass is 9.97. The van der Waals surface area contributed by atoms with Crippen molar-refractivity contribution in [2.45, 2.75) is 248 Å². The maximum Gasteiger partial charge on any atom is 0.220 e. The zero-order valence-corrected chi connectivity index (χ0v) is 36.5. The molecule has 2 aliphatic rings. The summed E-state index contributed by atoms with van der Waals surface area (Å²) in [4.78, 5) is 12.8. The van der Waals surface area contributed by atoms with Crippen molar-refractivity contribution in [3.05, 3.63) is 12.2 Å². The number of nitrogens with one attached hydrogen (secondary N) is 1. The van der Waals surface area contributed by atoms with Gasteiger partial charge in [0, 0.05) is 6.42 Å². The smallest absolute Gasteiger partial charge is 0.220 e. The highest BCUT2D eigenvalue weighted by molar-refractivity contribution is 5.76. The SMILES string of the molecule is CCCCCCCCCCCCCCCCCCCCCC/C=C/C(O)C(COC1OC(CO)C(OC2OC(CO)C(O)C(O)C2O)C(O)C1O)NC(=O)CCCCC. The molecule has 2 saturated heterocycles. The Morgan fingerprint density at radius 2 is 1.05 bits per heavy atom. The molecule has 2 fully saturated rings. The fraction of sp³-hybridized carbons (Fsp3) is 0.933. The maximum atomic E-state index is 12.8. The van der Waals surface area contributed by atoms with Gasteiger partial charge in [0.2, 0.25) is 5.91 Å². The van der Waals surface area contributed by atoms with E-state index in [1.807, 2.05) is 13.0 Å². The second-order valence-electron chi connectivity index (χ2n) is 16.9. The summed E-state index contributed by atoms with van der Waals surface area (Å²) in [6.07, 6.45) is 16.6.